The van der Waals surface area contributed by atoms with Crippen molar-refractivity contribution in [2.24, 2.45) is 0 Å². The molecule has 0 aliphatic rings. The molecule has 0 aliphatic carbocycles. The lowest BCUT2D eigenvalue weighted by Gasteiger charge is -2.12. The van der Waals surface area contributed by atoms with E-state index >= 15 is 0 Å². The van der Waals surface area contributed by atoms with Crippen LogP contribution in [0.2, 0.25) is 0 Å². The molecule has 3 aromatic rings. The molecule has 0 saturated heterocycles. The summed E-state index contributed by atoms with van der Waals surface area (Å²) in [5, 5.41) is 1.01. The number of fused-ring (bicyclic) bond motifs is 1. The predicted molar refractivity (Wildman–Crippen MR) is 105 cm³/mol. The zero-order valence-electron chi connectivity index (χ0n) is 15.5. The van der Waals surface area contributed by atoms with Crippen molar-refractivity contribution in [3.05, 3.63) is 71.9 Å². The highest BCUT2D eigenvalue weighted by Gasteiger charge is 2.11. The molecule has 1 atom stereocenters. The second kappa shape index (κ2) is 8.36. The van der Waals surface area contributed by atoms with E-state index in [-0.39, 0.29) is 0 Å². The maximum absolute atomic E-state index is 12.2. The second-order valence-electron chi connectivity index (χ2n) is 6.02. The third-order valence-electron chi connectivity index (χ3n) is 4.16. The van der Waals surface area contributed by atoms with Gasteiger partial charge in [0.2, 0.25) is 0 Å². The van der Waals surface area contributed by atoms with Gasteiger partial charge in [0.05, 0.1) is 19.7 Å². The van der Waals surface area contributed by atoms with Crippen LogP contribution in [0.4, 0.5) is 0 Å². The Morgan fingerprint density at radius 1 is 1.04 bits per heavy atom. The summed E-state index contributed by atoms with van der Waals surface area (Å²) in [6, 6.07) is 15.2. The van der Waals surface area contributed by atoms with Crippen LogP contribution in [0.1, 0.15) is 24.2 Å². The Bertz CT molecular complexity index is 959. The summed E-state index contributed by atoms with van der Waals surface area (Å²) in [7, 11) is 3.16. The quantitative estimate of drug-likeness (QED) is 0.474. The Morgan fingerprint density at radius 2 is 1.74 bits per heavy atom. The van der Waals surface area contributed by atoms with Gasteiger partial charge in [-0.25, -0.2) is 4.79 Å². The van der Waals surface area contributed by atoms with Gasteiger partial charge in [0.15, 0.2) is 0 Å². The fraction of sp³-hybridized carbons (Fsp3) is 0.182. The molecular formula is C22H21NO4. The van der Waals surface area contributed by atoms with Gasteiger partial charge in [-0.05, 0) is 42.8 Å². The van der Waals surface area contributed by atoms with E-state index in [1.54, 1.807) is 32.6 Å². The average molecular weight is 363 g/mol. The first-order valence-electron chi connectivity index (χ1n) is 8.55. The van der Waals surface area contributed by atoms with Gasteiger partial charge in [-0.1, -0.05) is 18.2 Å². The Hall–Kier alpha value is -3.34. The number of nitrogens with zero attached hydrogens (tertiary/aromatic N) is 1. The average Bonchev–Trinajstić information content (AvgIpc) is 2.71. The minimum absolute atomic E-state index is 0.404. The number of carbonyl (C=O) groups excluding carboxylic acids is 1. The molecule has 1 unspecified atom stereocenters. The standard InChI is InChI=1S/C22H21NO4/c1-15(18-12-17-6-4-5-7-21(17)23-14-18)27-22(24)9-8-16-10-19(25-2)13-20(11-16)26-3/h4-15H,1-3H3. The van der Waals surface area contributed by atoms with Crippen LogP contribution in [-0.2, 0) is 9.53 Å². The van der Waals surface area contributed by atoms with E-state index in [2.05, 4.69) is 4.98 Å². The maximum Gasteiger partial charge on any atom is 0.331 e. The first-order chi connectivity index (χ1) is 13.1. The molecular weight excluding hydrogens is 342 g/mol. The first kappa shape index (κ1) is 18.5. The molecule has 0 radical (unpaired) electrons. The van der Waals surface area contributed by atoms with Crippen molar-refractivity contribution < 1.29 is 19.0 Å². The predicted octanol–water partition coefficient (Wildman–Crippen LogP) is 4.57. The highest BCUT2D eigenvalue weighted by atomic mass is 16.5. The zero-order chi connectivity index (χ0) is 19.2. The van der Waals surface area contributed by atoms with Crippen LogP contribution < -0.4 is 9.47 Å². The monoisotopic (exact) mass is 363 g/mol. The zero-order valence-corrected chi connectivity index (χ0v) is 15.5. The van der Waals surface area contributed by atoms with Crippen LogP contribution in [0.15, 0.2) is 60.8 Å². The topological polar surface area (TPSA) is 57.7 Å². The molecule has 5 heteroatoms. The first-order valence-corrected chi connectivity index (χ1v) is 8.55. The molecule has 5 nitrogen and oxygen atoms in total. The molecule has 27 heavy (non-hydrogen) atoms. The van der Waals surface area contributed by atoms with Crippen LogP contribution in [0.25, 0.3) is 17.0 Å². The number of aromatic nitrogens is 1. The minimum Gasteiger partial charge on any atom is -0.497 e. The van der Waals surface area contributed by atoms with E-state index in [4.69, 9.17) is 14.2 Å². The minimum atomic E-state index is -0.433. The van der Waals surface area contributed by atoms with Crippen molar-refractivity contribution in [3.63, 3.8) is 0 Å². The van der Waals surface area contributed by atoms with E-state index in [1.165, 1.54) is 6.08 Å². The number of rotatable bonds is 6. The summed E-state index contributed by atoms with van der Waals surface area (Å²) in [5.74, 6) is 0.869. The fourth-order valence-electron chi connectivity index (χ4n) is 2.68. The molecule has 0 aliphatic heterocycles. The maximum atomic E-state index is 12.2. The summed E-state index contributed by atoms with van der Waals surface area (Å²) in [6.45, 7) is 1.83. The van der Waals surface area contributed by atoms with Crippen molar-refractivity contribution in [2.75, 3.05) is 14.2 Å². The smallest absolute Gasteiger partial charge is 0.331 e. The lowest BCUT2D eigenvalue weighted by molar-refractivity contribution is -0.142. The number of hydrogen-bond acceptors (Lipinski definition) is 5. The van der Waals surface area contributed by atoms with Crippen molar-refractivity contribution in [1.82, 2.24) is 4.98 Å². The van der Waals surface area contributed by atoms with Crippen molar-refractivity contribution in [2.45, 2.75) is 13.0 Å². The van der Waals surface area contributed by atoms with E-state index in [0.717, 1.165) is 22.0 Å². The largest absolute Gasteiger partial charge is 0.497 e. The molecule has 0 saturated carbocycles. The molecule has 1 heterocycles. The number of esters is 1. The van der Waals surface area contributed by atoms with Crippen LogP contribution in [-0.4, -0.2) is 25.2 Å². The number of benzene rings is 2. The van der Waals surface area contributed by atoms with Gasteiger partial charge in [0, 0.05) is 29.3 Å². The van der Waals surface area contributed by atoms with Crippen LogP contribution in [0.5, 0.6) is 11.5 Å². The van der Waals surface area contributed by atoms with Gasteiger partial charge in [0.1, 0.15) is 17.6 Å². The molecule has 0 amide bonds. The van der Waals surface area contributed by atoms with Gasteiger partial charge in [0.25, 0.3) is 0 Å². The summed E-state index contributed by atoms with van der Waals surface area (Å²) in [4.78, 5) is 16.6. The highest BCUT2D eigenvalue weighted by Crippen LogP contribution is 2.24. The van der Waals surface area contributed by atoms with Crippen LogP contribution >= 0.6 is 0 Å². The number of carbonyl (C=O) groups is 1. The number of ether oxygens (including phenoxy) is 3. The Labute approximate surface area is 158 Å². The van der Waals surface area contributed by atoms with Crippen molar-refractivity contribution >= 4 is 22.9 Å². The number of pyridine rings is 1. The van der Waals surface area contributed by atoms with Crippen LogP contribution in [0.3, 0.4) is 0 Å². The van der Waals surface area contributed by atoms with Crippen LogP contribution in [0, 0.1) is 0 Å². The summed E-state index contributed by atoms with van der Waals surface area (Å²) in [5.41, 5.74) is 2.54. The van der Waals surface area contributed by atoms with Crippen molar-refractivity contribution in [1.29, 1.82) is 0 Å². The highest BCUT2D eigenvalue weighted by molar-refractivity contribution is 5.87. The second-order valence-corrected chi connectivity index (χ2v) is 6.02. The van der Waals surface area contributed by atoms with Gasteiger partial charge in [-0.3, -0.25) is 4.98 Å². The van der Waals surface area contributed by atoms with E-state index in [1.807, 2.05) is 49.4 Å². The Morgan fingerprint density at radius 3 is 2.44 bits per heavy atom. The van der Waals surface area contributed by atoms with E-state index in [0.29, 0.717) is 11.5 Å². The number of methoxy groups -OCH3 is 2. The summed E-state index contributed by atoms with van der Waals surface area (Å²) < 4.78 is 15.9. The number of hydrogen-bond donors (Lipinski definition) is 0. The van der Waals surface area contributed by atoms with Gasteiger partial charge >= 0.3 is 5.97 Å². The molecule has 0 spiro atoms. The molecule has 1 aromatic heterocycles. The van der Waals surface area contributed by atoms with Crippen molar-refractivity contribution in [3.8, 4) is 11.5 Å². The molecule has 0 fully saturated rings. The molecule has 0 N–H and O–H groups in total. The third-order valence-corrected chi connectivity index (χ3v) is 4.16. The molecule has 0 bridgehead atoms. The third kappa shape index (κ3) is 4.64. The van der Waals surface area contributed by atoms with Gasteiger partial charge in [-0.2, -0.15) is 0 Å². The lowest BCUT2D eigenvalue weighted by atomic mass is 10.1. The molecule has 138 valence electrons. The van der Waals surface area contributed by atoms with E-state index in [9.17, 15) is 4.79 Å². The van der Waals surface area contributed by atoms with Gasteiger partial charge in [-0.15, -0.1) is 0 Å². The normalized spacial score (nSPS) is 12.1. The lowest BCUT2D eigenvalue weighted by Crippen LogP contribution is -2.06. The Balaban J connectivity index is 1.70. The molecule has 2 aromatic carbocycles. The van der Waals surface area contributed by atoms with Gasteiger partial charge < -0.3 is 14.2 Å². The Kier molecular flexibility index (Phi) is 5.71. The summed E-state index contributed by atoms with van der Waals surface area (Å²) >= 11 is 0. The number of para-hydroxylation sites is 1. The fourth-order valence-corrected chi connectivity index (χ4v) is 2.68. The summed E-state index contributed by atoms with van der Waals surface area (Å²) in [6.07, 6.45) is 4.38. The SMILES string of the molecule is COc1cc(C=CC(=O)OC(C)c2cnc3ccccc3c2)cc(OC)c1. The van der Waals surface area contributed by atoms with E-state index < -0.39 is 12.1 Å². The molecule has 3 rings (SSSR count).